The van der Waals surface area contributed by atoms with Gasteiger partial charge in [0.1, 0.15) is 23.5 Å². The van der Waals surface area contributed by atoms with Crippen LogP contribution in [0.4, 0.5) is 5.69 Å². The lowest BCUT2D eigenvalue weighted by molar-refractivity contribution is -0.0541. The minimum Gasteiger partial charge on any atom is -0.387 e. The lowest BCUT2D eigenvalue weighted by atomic mass is 10.1. The van der Waals surface area contributed by atoms with Gasteiger partial charge >= 0.3 is 15.2 Å². The number of hydrogen-bond acceptors (Lipinski definition) is 9. The van der Waals surface area contributed by atoms with Crippen molar-refractivity contribution >= 4 is 43.5 Å². The van der Waals surface area contributed by atoms with Gasteiger partial charge in [-0.05, 0) is 24.1 Å². The third-order valence-electron chi connectivity index (χ3n) is 5.65. The molecule has 0 aliphatic carbocycles. The van der Waals surface area contributed by atoms with E-state index in [2.05, 4.69) is 15.4 Å². The lowest BCUT2D eigenvalue weighted by Crippen LogP contribution is -2.33. The molecule has 0 saturated carbocycles. The first-order valence-electron chi connectivity index (χ1n) is 10.7. The Labute approximate surface area is 210 Å². The number of aliphatic hydroxyl groups excluding tert-OH is 2. The van der Waals surface area contributed by atoms with Crippen LogP contribution in [0.3, 0.4) is 0 Å². The van der Waals surface area contributed by atoms with Crippen LogP contribution < -0.4 is 5.32 Å². The van der Waals surface area contributed by atoms with Gasteiger partial charge in [0, 0.05) is 6.54 Å². The molecule has 1 aromatic carbocycles. The second kappa shape index (κ2) is 10.5. The number of aromatic nitrogens is 3. The third-order valence-corrected chi connectivity index (χ3v) is 9.30. The number of benzene rings is 1. The van der Waals surface area contributed by atoms with Crippen LogP contribution in [-0.4, -0.2) is 70.5 Å². The molecule has 13 nitrogen and oxygen atoms in total. The van der Waals surface area contributed by atoms with Gasteiger partial charge in [0.25, 0.3) is 0 Å². The standard InChI is InChI=1S/C20H25ClN4O9P2/c1-11-4-2-3-5-12(11)7-22-14-6-16(21)24-19-13(14)8-23-25(19)20-18(27)17(26)15(34-20)9-33-36(31,32)10-35(28,29)30/h2-6,8,15,17-18,20,26-27H,7,9-10H2,1H3,(H,22,24)(H,31,32)(H2,28,29,30)/t15-,17+,18?,20-/m1/s1. The number of aryl methyl sites for hydroxylation is 1. The number of pyridine rings is 1. The van der Waals surface area contributed by atoms with Crippen LogP contribution in [0.1, 0.15) is 17.4 Å². The summed E-state index contributed by atoms with van der Waals surface area (Å²) in [6.07, 6.45) is -4.12. The van der Waals surface area contributed by atoms with Crippen LogP contribution >= 0.6 is 26.8 Å². The number of fused-ring (bicyclic) bond motifs is 1. The van der Waals surface area contributed by atoms with Gasteiger partial charge in [-0.1, -0.05) is 35.9 Å². The summed E-state index contributed by atoms with van der Waals surface area (Å²) < 4.78 is 34.5. The van der Waals surface area contributed by atoms with Crippen molar-refractivity contribution in [1.29, 1.82) is 0 Å². The van der Waals surface area contributed by atoms with Crippen LogP contribution in [-0.2, 0) is 24.9 Å². The summed E-state index contributed by atoms with van der Waals surface area (Å²) in [4.78, 5) is 31.8. The highest BCUT2D eigenvalue weighted by atomic mass is 35.5. The number of nitrogens with zero attached hydrogens (tertiary/aromatic N) is 3. The maximum Gasteiger partial charge on any atom is 0.340 e. The predicted molar refractivity (Wildman–Crippen MR) is 130 cm³/mol. The van der Waals surface area contributed by atoms with Crippen LogP contribution in [0.15, 0.2) is 36.5 Å². The molecule has 1 aliphatic rings. The number of rotatable bonds is 9. The van der Waals surface area contributed by atoms with Crippen LogP contribution in [0.25, 0.3) is 11.0 Å². The maximum absolute atomic E-state index is 11.9. The molecule has 3 heterocycles. The van der Waals surface area contributed by atoms with E-state index in [9.17, 15) is 24.2 Å². The summed E-state index contributed by atoms with van der Waals surface area (Å²) in [5.74, 6) is -1.39. The van der Waals surface area contributed by atoms with Gasteiger partial charge in [0.05, 0.1) is 23.9 Å². The molecule has 16 heteroatoms. The first-order valence-corrected chi connectivity index (χ1v) is 14.6. The summed E-state index contributed by atoms with van der Waals surface area (Å²) in [6.45, 7) is 1.79. The van der Waals surface area contributed by atoms with Gasteiger partial charge < -0.3 is 39.5 Å². The van der Waals surface area contributed by atoms with Crippen molar-refractivity contribution in [2.45, 2.75) is 38.0 Å². The molecule has 1 fully saturated rings. The quantitative estimate of drug-likeness (QED) is 0.164. The predicted octanol–water partition coefficient (Wildman–Crippen LogP) is 1.96. The fraction of sp³-hybridized carbons (Fsp3) is 0.400. The van der Waals surface area contributed by atoms with E-state index in [0.29, 0.717) is 17.6 Å². The van der Waals surface area contributed by atoms with Crippen molar-refractivity contribution in [3.63, 3.8) is 0 Å². The molecule has 1 saturated heterocycles. The van der Waals surface area contributed by atoms with E-state index in [0.717, 1.165) is 11.1 Å². The molecule has 2 unspecified atom stereocenters. The molecule has 0 bridgehead atoms. The molecule has 4 rings (SSSR count). The first-order chi connectivity index (χ1) is 16.8. The first kappa shape index (κ1) is 27.2. The van der Waals surface area contributed by atoms with E-state index in [1.54, 1.807) is 6.07 Å². The van der Waals surface area contributed by atoms with E-state index in [-0.39, 0.29) is 10.8 Å². The minimum absolute atomic E-state index is 0.142. The van der Waals surface area contributed by atoms with E-state index in [1.807, 2.05) is 31.2 Å². The van der Waals surface area contributed by atoms with Gasteiger partial charge in [-0.2, -0.15) is 5.10 Å². The monoisotopic (exact) mass is 562 g/mol. The fourth-order valence-electron chi connectivity index (χ4n) is 3.85. The Morgan fingerprint density at radius 2 is 1.92 bits per heavy atom. The van der Waals surface area contributed by atoms with Crippen LogP contribution in [0.2, 0.25) is 5.15 Å². The van der Waals surface area contributed by atoms with E-state index in [4.69, 9.17) is 30.6 Å². The summed E-state index contributed by atoms with van der Waals surface area (Å²) in [5, 5.41) is 29.2. The van der Waals surface area contributed by atoms with Gasteiger partial charge in [0.15, 0.2) is 17.8 Å². The smallest absolute Gasteiger partial charge is 0.340 e. The number of aliphatic hydroxyl groups is 2. The summed E-state index contributed by atoms with van der Waals surface area (Å²) in [7, 11) is -9.50. The molecule has 0 radical (unpaired) electrons. The molecule has 196 valence electrons. The van der Waals surface area contributed by atoms with Crippen LogP contribution in [0.5, 0.6) is 0 Å². The second-order valence-electron chi connectivity index (χ2n) is 8.38. The zero-order chi connectivity index (χ0) is 26.3. The topological polar surface area (TPSA) is 196 Å². The number of hydrogen-bond donors (Lipinski definition) is 6. The highest BCUT2D eigenvalue weighted by Gasteiger charge is 2.46. The minimum atomic E-state index is -4.82. The SMILES string of the molecule is Cc1ccccc1CNc1cc(Cl)nc2c1cnn2[C@@H]1O[C@H](COP(=O)(O)CP(=O)(O)O)[C@H](O)C1O. The Bertz CT molecular complexity index is 1350. The van der Waals surface area contributed by atoms with Crippen molar-refractivity contribution < 1.29 is 43.3 Å². The molecule has 0 spiro atoms. The Hall–Kier alpha value is -1.89. The van der Waals surface area contributed by atoms with Gasteiger partial charge in [0.2, 0.25) is 0 Å². The summed E-state index contributed by atoms with van der Waals surface area (Å²) in [6, 6.07) is 9.50. The van der Waals surface area contributed by atoms with Crippen LogP contribution in [0, 0.1) is 6.92 Å². The van der Waals surface area contributed by atoms with Crippen molar-refractivity contribution in [3.8, 4) is 0 Å². The molecule has 0 amide bonds. The second-order valence-corrected chi connectivity index (χ2v) is 12.8. The Kier molecular flexibility index (Phi) is 7.89. The van der Waals surface area contributed by atoms with E-state index < -0.39 is 52.2 Å². The van der Waals surface area contributed by atoms with E-state index >= 15 is 0 Å². The Morgan fingerprint density at radius 1 is 1.19 bits per heavy atom. The average molecular weight is 563 g/mol. The zero-order valence-corrected chi connectivity index (χ0v) is 21.4. The number of halogens is 1. The summed E-state index contributed by atoms with van der Waals surface area (Å²) in [5.41, 5.74) is 3.06. The number of nitrogens with one attached hydrogen (secondary N) is 1. The third kappa shape index (κ3) is 6.15. The molecule has 6 N–H and O–H groups in total. The molecule has 36 heavy (non-hydrogen) atoms. The summed E-state index contributed by atoms with van der Waals surface area (Å²) >= 11 is 6.23. The molecular formula is C20H25ClN4O9P2. The molecule has 5 atom stereocenters. The molecule has 3 aromatic rings. The maximum atomic E-state index is 11.9. The highest BCUT2D eigenvalue weighted by molar-refractivity contribution is 7.70. The highest BCUT2D eigenvalue weighted by Crippen LogP contribution is 2.55. The van der Waals surface area contributed by atoms with Crippen molar-refractivity contribution in [3.05, 3.63) is 52.8 Å². The fourth-order valence-corrected chi connectivity index (χ4v) is 6.61. The average Bonchev–Trinajstić information content (AvgIpc) is 3.31. The molecular weight excluding hydrogens is 538 g/mol. The molecule has 1 aliphatic heterocycles. The van der Waals surface area contributed by atoms with E-state index in [1.165, 1.54) is 10.9 Å². The normalized spacial score (nSPS) is 24.2. The van der Waals surface area contributed by atoms with Crippen molar-refractivity contribution in [2.75, 3.05) is 17.8 Å². The lowest BCUT2D eigenvalue weighted by Gasteiger charge is -2.18. The Balaban J connectivity index is 1.53. The van der Waals surface area contributed by atoms with Crippen molar-refractivity contribution in [2.24, 2.45) is 0 Å². The molecule has 2 aromatic heterocycles. The van der Waals surface area contributed by atoms with Gasteiger partial charge in [-0.3, -0.25) is 9.13 Å². The zero-order valence-electron chi connectivity index (χ0n) is 18.9. The number of ether oxygens (including phenoxy) is 1. The van der Waals surface area contributed by atoms with Gasteiger partial charge in [-0.15, -0.1) is 0 Å². The van der Waals surface area contributed by atoms with Gasteiger partial charge in [-0.25, -0.2) is 9.67 Å². The number of anilines is 1. The Morgan fingerprint density at radius 3 is 2.61 bits per heavy atom. The van der Waals surface area contributed by atoms with Crippen molar-refractivity contribution in [1.82, 2.24) is 14.8 Å². The largest absolute Gasteiger partial charge is 0.387 e.